The summed E-state index contributed by atoms with van der Waals surface area (Å²) in [6, 6.07) is 13.0. The predicted octanol–water partition coefficient (Wildman–Crippen LogP) is 4.26. The van der Waals surface area contributed by atoms with Crippen LogP contribution in [0.15, 0.2) is 48.5 Å². The van der Waals surface area contributed by atoms with Gasteiger partial charge in [-0.3, -0.25) is 10.1 Å². The predicted molar refractivity (Wildman–Crippen MR) is 95.9 cm³/mol. The third-order valence-electron chi connectivity index (χ3n) is 3.54. The maximum Gasteiger partial charge on any atom is 0.322 e. The van der Waals surface area contributed by atoms with E-state index in [1.165, 1.54) is 23.8 Å². The number of rotatable bonds is 6. The molecule has 0 saturated heterocycles. The highest BCUT2D eigenvalue weighted by molar-refractivity contribution is 5.91. The van der Waals surface area contributed by atoms with Crippen LogP contribution in [0, 0.1) is 10.1 Å². The Labute approximate surface area is 146 Å². The lowest BCUT2D eigenvalue weighted by Gasteiger charge is -2.17. The fourth-order valence-electron chi connectivity index (χ4n) is 2.25. The van der Waals surface area contributed by atoms with Crippen LogP contribution in [0.5, 0.6) is 5.75 Å². The number of amides is 2. The molecule has 2 rings (SSSR count). The second kappa shape index (κ2) is 8.14. The van der Waals surface area contributed by atoms with E-state index < -0.39 is 17.2 Å². The fourth-order valence-corrected chi connectivity index (χ4v) is 2.25. The molecule has 2 aromatic rings. The van der Waals surface area contributed by atoms with Crippen molar-refractivity contribution in [2.24, 2.45) is 0 Å². The van der Waals surface area contributed by atoms with Crippen molar-refractivity contribution < 1.29 is 14.5 Å². The van der Waals surface area contributed by atoms with Crippen LogP contribution in [0.3, 0.4) is 0 Å². The van der Waals surface area contributed by atoms with Crippen molar-refractivity contribution in [1.82, 2.24) is 5.32 Å². The van der Waals surface area contributed by atoms with Crippen LogP contribution in [0.25, 0.3) is 0 Å². The van der Waals surface area contributed by atoms with Crippen LogP contribution in [0.4, 0.5) is 16.2 Å². The zero-order valence-electron chi connectivity index (χ0n) is 14.4. The Morgan fingerprint density at radius 3 is 2.32 bits per heavy atom. The first-order chi connectivity index (χ1) is 11.9. The lowest BCUT2D eigenvalue weighted by molar-refractivity contribution is -0.383. The van der Waals surface area contributed by atoms with Crippen molar-refractivity contribution in [1.29, 1.82) is 0 Å². The number of hydrogen-bond acceptors (Lipinski definition) is 4. The average Bonchev–Trinajstić information content (AvgIpc) is 2.55. The second-order valence-electron chi connectivity index (χ2n) is 5.86. The maximum atomic E-state index is 12.0. The Balaban J connectivity index is 1.93. The van der Waals surface area contributed by atoms with Crippen LogP contribution in [0.1, 0.15) is 32.3 Å². The summed E-state index contributed by atoms with van der Waals surface area (Å²) in [4.78, 5) is 22.4. The van der Waals surface area contributed by atoms with E-state index in [0.717, 1.165) is 0 Å². The van der Waals surface area contributed by atoms with Gasteiger partial charge in [0, 0.05) is 6.07 Å². The molecule has 7 heteroatoms. The number of nitro groups is 1. The highest BCUT2D eigenvalue weighted by Crippen LogP contribution is 2.23. The van der Waals surface area contributed by atoms with Crippen molar-refractivity contribution >= 4 is 17.4 Å². The number of urea groups is 1. The molecule has 0 aromatic heterocycles. The van der Waals surface area contributed by atoms with Gasteiger partial charge in [0.15, 0.2) is 6.23 Å². The quantitative estimate of drug-likeness (QED) is 0.465. The van der Waals surface area contributed by atoms with Gasteiger partial charge in [0.1, 0.15) is 11.4 Å². The van der Waals surface area contributed by atoms with Gasteiger partial charge in [-0.1, -0.05) is 38.1 Å². The third kappa shape index (κ3) is 5.20. The van der Waals surface area contributed by atoms with Crippen LogP contribution in [-0.2, 0) is 0 Å². The van der Waals surface area contributed by atoms with E-state index in [1.807, 2.05) is 24.3 Å². The Kier molecular flexibility index (Phi) is 5.94. The fraction of sp³-hybridized carbons (Fsp3) is 0.278. The molecule has 2 N–H and O–H groups in total. The Morgan fingerprint density at radius 1 is 1.08 bits per heavy atom. The van der Waals surface area contributed by atoms with Crippen molar-refractivity contribution in [3.63, 3.8) is 0 Å². The normalized spacial score (nSPS) is 11.7. The number of nitrogens with one attached hydrogen (secondary N) is 2. The van der Waals surface area contributed by atoms with E-state index in [-0.39, 0.29) is 11.4 Å². The van der Waals surface area contributed by atoms with Crippen molar-refractivity contribution in [2.45, 2.75) is 32.9 Å². The number of anilines is 1. The molecule has 1 unspecified atom stereocenters. The van der Waals surface area contributed by atoms with Crippen molar-refractivity contribution in [2.75, 3.05) is 5.32 Å². The standard InChI is InChI=1S/C18H21N3O4/c1-12(2)14-8-10-15(11-9-14)25-13(3)19-18(22)20-16-6-4-5-7-17(16)21(23)24/h4-13H,1-3H3,(H2,19,20,22). The Hall–Kier alpha value is -3.09. The maximum absolute atomic E-state index is 12.0. The first-order valence-corrected chi connectivity index (χ1v) is 7.94. The van der Waals surface area contributed by atoms with Crippen LogP contribution in [0.2, 0.25) is 0 Å². The minimum Gasteiger partial charge on any atom is -0.471 e. The molecule has 0 fully saturated rings. The summed E-state index contributed by atoms with van der Waals surface area (Å²) >= 11 is 0. The molecule has 1 atom stereocenters. The van der Waals surface area contributed by atoms with Crippen molar-refractivity contribution in [3.05, 3.63) is 64.2 Å². The summed E-state index contributed by atoms with van der Waals surface area (Å²) in [5.74, 6) is 1.06. The van der Waals surface area contributed by atoms with Gasteiger partial charge in [0.25, 0.3) is 5.69 Å². The summed E-state index contributed by atoms with van der Waals surface area (Å²) in [5.41, 5.74) is 1.15. The van der Waals surface area contributed by atoms with Gasteiger partial charge < -0.3 is 15.4 Å². The van der Waals surface area contributed by atoms with Crippen molar-refractivity contribution in [3.8, 4) is 5.75 Å². The van der Waals surface area contributed by atoms with Gasteiger partial charge in [-0.05, 0) is 36.6 Å². The van der Waals surface area contributed by atoms with Gasteiger partial charge in [0.2, 0.25) is 0 Å². The van der Waals surface area contributed by atoms with Gasteiger partial charge in [-0.2, -0.15) is 0 Å². The Bertz CT molecular complexity index is 744. The molecule has 0 spiro atoms. The van der Waals surface area contributed by atoms with Gasteiger partial charge >= 0.3 is 6.03 Å². The number of carbonyl (C=O) groups is 1. The highest BCUT2D eigenvalue weighted by Gasteiger charge is 2.16. The van der Waals surface area contributed by atoms with Crippen LogP contribution in [-0.4, -0.2) is 17.2 Å². The van der Waals surface area contributed by atoms with Crippen LogP contribution < -0.4 is 15.4 Å². The monoisotopic (exact) mass is 343 g/mol. The average molecular weight is 343 g/mol. The van der Waals surface area contributed by atoms with E-state index in [4.69, 9.17) is 4.74 Å². The number of para-hydroxylation sites is 2. The van der Waals surface area contributed by atoms with Gasteiger partial charge in [-0.15, -0.1) is 0 Å². The lowest BCUT2D eigenvalue weighted by atomic mass is 10.0. The molecule has 0 saturated carbocycles. The van der Waals surface area contributed by atoms with E-state index in [1.54, 1.807) is 13.0 Å². The van der Waals surface area contributed by atoms with Gasteiger partial charge in [-0.25, -0.2) is 4.79 Å². The SMILES string of the molecule is CC(NC(=O)Nc1ccccc1[N+](=O)[O-])Oc1ccc(C(C)C)cc1. The summed E-state index contributed by atoms with van der Waals surface area (Å²) in [6.45, 7) is 5.88. The largest absolute Gasteiger partial charge is 0.471 e. The molecule has 0 radical (unpaired) electrons. The van der Waals surface area contributed by atoms with E-state index >= 15 is 0 Å². The number of ether oxygens (including phenoxy) is 1. The summed E-state index contributed by atoms with van der Waals surface area (Å²) in [6.07, 6.45) is -0.604. The molecule has 2 amide bonds. The minimum atomic E-state index is -0.604. The number of benzene rings is 2. The molecule has 0 bridgehead atoms. The molecule has 2 aromatic carbocycles. The molecular weight excluding hydrogens is 322 g/mol. The van der Waals surface area contributed by atoms with E-state index in [0.29, 0.717) is 11.7 Å². The number of hydrogen-bond donors (Lipinski definition) is 2. The third-order valence-corrected chi connectivity index (χ3v) is 3.54. The Morgan fingerprint density at radius 2 is 1.72 bits per heavy atom. The summed E-state index contributed by atoms with van der Waals surface area (Å²) < 4.78 is 5.63. The molecule has 0 aliphatic carbocycles. The van der Waals surface area contributed by atoms with Crippen LogP contribution >= 0.6 is 0 Å². The molecule has 7 nitrogen and oxygen atoms in total. The zero-order chi connectivity index (χ0) is 18.4. The summed E-state index contributed by atoms with van der Waals surface area (Å²) in [5, 5.41) is 16.0. The molecule has 0 aliphatic heterocycles. The van der Waals surface area contributed by atoms with E-state index in [9.17, 15) is 14.9 Å². The highest BCUT2D eigenvalue weighted by atomic mass is 16.6. The summed E-state index contributed by atoms with van der Waals surface area (Å²) in [7, 11) is 0. The van der Waals surface area contributed by atoms with Gasteiger partial charge in [0.05, 0.1) is 4.92 Å². The first kappa shape index (κ1) is 18.3. The number of nitro benzene ring substituents is 1. The molecule has 0 aliphatic rings. The van der Waals surface area contributed by atoms with E-state index in [2.05, 4.69) is 24.5 Å². The molecule has 0 heterocycles. The zero-order valence-corrected chi connectivity index (χ0v) is 14.4. The topological polar surface area (TPSA) is 93.5 Å². The minimum absolute atomic E-state index is 0.124. The molecule has 132 valence electrons. The molecule has 25 heavy (non-hydrogen) atoms. The lowest BCUT2D eigenvalue weighted by Crippen LogP contribution is -2.39. The number of nitrogens with zero attached hydrogens (tertiary/aromatic N) is 1. The smallest absolute Gasteiger partial charge is 0.322 e. The molecular formula is C18H21N3O4. The second-order valence-corrected chi connectivity index (χ2v) is 5.86. The first-order valence-electron chi connectivity index (χ1n) is 7.94. The number of carbonyl (C=O) groups excluding carboxylic acids is 1.